The molecule has 41 heavy (non-hydrogen) atoms. The summed E-state index contributed by atoms with van der Waals surface area (Å²) in [6.07, 6.45) is -2.20. The lowest BCUT2D eigenvalue weighted by molar-refractivity contribution is -0.138. The molecule has 2 saturated heterocycles. The Morgan fingerprint density at radius 3 is 2.15 bits per heavy atom. The first kappa shape index (κ1) is 30.9. The zero-order valence-corrected chi connectivity index (χ0v) is 24.1. The van der Waals surface area contributed by atoms with Crippen LogP contribution in [-0.2, 0) is 16.4 Å². The highest BCUT2D eigenvalue weighted by Crippen LogP contribution is 2.38. The number of hydrogen-bond acceptors (Lipinski definition) is 7. The highest BCUT2D eigenvalue weighted by Gasteiger charge is 2.35. The molecule has 3 N–H and O–H groups in total. The van der Waals surface area contributed by atoms with Crippen LogP contribution in [0.25, 0.3) is 0 Å². The van der Waals surface area contributed by atoms with Crippen molar-refractivity contribution in [3.63, 3.8) is 0 Å². The molecule has 0 radical (unpaired) electrons. The van der Waals surface area contributed by atoms with Crippen LogP contribution in [0.15, 0.2) is 42.5 Å². The first-order valence-corrected chi connectivity index (χ1v) is 14.3. The number of carbonyl (C=O) groups excluding carboxylic acids is 1. The molecule has 2 aromatic carbocycles. The molecule has 1 amide bonds. The number of amides is 1. The quantitative estimate of drug-likeness (QED) is 0.353. The molecule has 2 aliphatic rings. The number of likely N-dealkylation sites (tertiary alicyclic amines) is 1. The standard InChI is InChI=1S/C30H42F3N5O3/c1-29(2,3)22-6-9-25(10-7-22)36-19-17-35(18-20-36)14-4-5-28(39)37-15-12-23(13-16-37)34-24-8-11-27(38(40)41)26(21-24)30(31,32)33/h6-11,21,23,34,40-41H,4-5,12-20H2,1-3H3. The topological polar surface area (TPSA) is 82.5 Å². The molecular weight excluding hydrogens is 535 g/mol. The van der Waals surface area contributed by atoms with Gasteiger partial charge in [-0.05, 0) is 67.1 Å². The molecular formula is C30H42F3N5O3. The fourth-order valence-corrected chi connectivity index (χ4v) is 5.55. The number of benzene rings is 2. The van der Waals surface area contributed by atoms with Crippen LogP contribution >= 0.6 is 0 Å². The van der Waals surface area contributed by atoms with Crippen molar-refractivity contribution in [2.45, 2.75) is 64.1 Å². The van der Waals surface area contributed by atoms with Crippen molar-refractivity contribution >= 4 is 23.0 Å². The Kier molecular flexibility index (Phi) is 9.71. The summed E-state index contributed by atoms with van der Waals surface area (Å²) < 4.78 is 40.0. The van der Waals surface area contributed by atoms with Crippen LogP contribution in [0.3, 0.4) is 0 Å². The Morgan fingerprint density at radius 2 is 1.59 bits per heavy atom. The van der Waals surface area contributed by atoms with E-state index in [9.17, 15) is 18.0 Å². The largest absolute Gasteiger partial charge is 0.418 e. The normalized spacial score (nSPS) is 17.6. The molecule has 4 rings (SSSR count). The molecule has 0 saturated carbocycles. The van der Waals surface area contributed by atoms with Gasteiger partial charge in [0.1, 0.15) is 5.69 Å². The van der Waals surface area contributed by atoms with Crippen LogP contribution in [0.5, 0.6) is 0 Å². The van der Waals surface area contributed by atoms with E-state index in [1.54, 1.807) is 0 Å². The second-order valence-corrected chi connectivity index (χ2v) is 12.0. The second-order valence-electron chi connectivity index (χ2n) is 12.0. The van der Waals surface area contributed by atoms with E-state index >= 15 is 0 Å². The van der Waals surface area contributed by atoms with Crippen molar-refractivity contribution in [2.75, 3.05) is 61.3 Å². The third kappa shape index (κ3) is 8.27. The van der Waals surface area contributed by atoms with Crippen LogP contribution in [-0.4, -0.2) is 78.0 Å². The zero-order valence-electron chi connectivity index (χ0n) is 24.1. The van der Waals surface area contributed by atoms with E-state index in [2.05, 4.69) is 60.2 Å². The minimum absolute atomic E-state index is 0.0775. The molecule has 226 valence electrons. The van der Waals surface area contributed by atoms with Gasteiger partial charge in [-0.25, -0.2) is 0 Å². The summed E-state index contributed by atoms with van der Waals surface area (Å²) in [7, 11) is 0. The second kappa shape index (κ2) is 12.9. The highest BCUT2D eigenvalue weighted by molar-refractivity contribution is 5.76. The van der Waals surface area contributed by atoms with Crippen LogP contribution in [0.4, 0.5) is 30.2 Å². The Balaban J connectivity index is 1.16. The van der Waals surface area contributed by atoms with Crippen LogP contribution in [0.1, 0.15) is 57.6 Å². The maximum Gasteiger partial charge on any atom is 0.418 e. The van der Waals surface area contributed by atoms with E-state index in [1.807, 2.05) is 4.90 Å². The van der Waals surface area contributed by atoms with E-state index in [-0.39, 0.29) is 23.1 Å². The molecule has 0 bridgehead atoms. The molecule has 2 fully saturated rings. The summed E-state index contributed by atoms with van der Waals surface area (Å²) in [6.45, 7) is 12.5. The van der Waals surface area contributed by atoms with Crippen LogP contribution in [0, 0.1) is 0 Å². The molecule has 0 unspecified atom stereocenters. The van der Waals surface area contributed by atoms with E-state index in [0.29, 0.717) is 32.4 Å². The van der Waals surface area contributed by atoms with Gasteiger partial charge in [0.15, 0.2) is 0 Å². The molecule has 8 nitrogen and oxygen atoms in total. The van der Waals surface area contributed by atoms with E-state index in [1.165, 1.54) is 17.3 Å². The van der Waals surface area contributed by atoms with Gasteiger partial charge in [-0.2, -0.15) is 13.2 Å². The number of piperazine rings is 1. The van der Waals surface area contributed by atoms with Gasteiger partial charge in [0.2, 0.25) is 5.91 Å². The summed E-state index contributed by atoms with van der Waals surface area (Å²) in [5, 5.41) is 20.8. The monoisotopic (exact) mass is 577 g/mol. The summed E-state index contributed by atoms with van der Waals surface area (Å²) in [4.78, 5) is 19.5. The van der Waals surface area contributed by atoms with Gasteiger partial charge in [0.05, 0.1) is 5.56 Å². The number of hydrogen-bond donors (Lipinski definition) is 3. The summed E-state index contributed by atoms with van der Waals surface area (Å²) >= 11 is 0. The lowest BCUT2D eigenvalue weighted by atomic mass is 9.87. The average Bonchev–Trinajstić information content (AvgIpc) is 2.93. The minimum atomic E-state index is -4.74. The lowest BCUT2D eigenvalue weighted by Crippen LogP contribution is -2.47. The van der Waals surface area contributed by atoms with E-state index in [4.69, 9.17) is 10.4 Å². The summed E-state index contributed by atoms with van der Waals surface area (Å²) in [5.41, 5.74) is 1.09. The van der Waals surface area contributed by atoms with Gasteiger partial charge >= 0.3 is 6.18 Å². The van der Waals surface area contributed by atoms with Gasteiger partial charge in [0, 0.05) is 63.1 Å². The molecule has 2 heterocycles. The molecule has 2 aromatic rings. The Bertz CT molecular complexity index is 1150. The van der Waals surface area contributed by atoms with Crippen molar-refractivity contribution in [1.82, 2.24) is 9.80 Å². The van der Waals surface area contributed by atoms with Crippen molar-refractivity contribution in [1.29, 1.82) is 0 Å². The van der Waals surface area contributed by atoms with Gasteiger partial charge in [-0.15, -0.1) is 5.23 Å². The zero-order chi connectivity index (χ0) is 29.8. The minimum Gasteiger partial charge on any atom is -0.382 e. The van der Waals surface area contributed by atoms with Gasteiger partial charge < -0.3 is 15.1 Å². The Morgan fingerprint density at radius 1 is 0.951 bits per heavy atom. The van der Waals surface area contributed by atoms with Crippen molar-refractivity contribution in [2.24, 2.45) is 0 Å². The molecule has 0 aromatic heterocycles. The highest BCUT2D eigenvalue weighted by atomic mass is 19.4. The predicted octanol–water partition coefficient (Wildman–Crippen LogP) is 5.59. The van der Waals surface area contributed by atoms with E-state index < -0.39 is 22.7 Å². The number of anilines is 3. The van der Waals surface area contributed by atoms with Crippen LogP contribution < -0.4 is 15.4 Å². The molecule has 0 spiro atoms. The first-order chi connectivity index (χ1) is 19.3. The van der Waals surface area contributed by atoms with Gasteiger partial charge in [0.25, 0.3) is 0 Å². The van der Waals surface area contributed by atoms with Crippen LogP contribution in [0.2, 0.25) is 0 Å². The third-order valence-corrected chi connectivity index (χ3v) is 8.07. The van der Waals surface area contributed by atoms with Crippen molar-refractivity contribution < 1.29 is 28.4 Å². The van der Waals surface area contributed by atoms with Gasteiger partial charge in [-0.3, -0.25) is 20.1 Å². The molecule has 2 aliphatic heterocycles. The molecule has 0 atom stereocenters. The number of carbonyl (C=O) groups is 1. The van der Waals surface area contributed by atoms with Crippen molar-refractivity contribution in [3.8, 4) is 0 Å². The number of alkyl halides is 3. The maximum absolute atomic E-state index is 13.3. The number of rotatable bonds is 8. The number of nitrogens with one attached hydrogen (secondary N) is 1. The van der Waals surface area contributed by atoms with Crippen molar-refractivity contribution in [3.05, 3.63) is 53.6 Å². The van der Waals surface area contributed by atoms with E-state index in [0.717, 1.165) is 51.3 Å². The fourth-order valence-electron chi connectivity index (χ4n) is 5.55. The number of piperidine rings is 1. The summed E-state index contributed by atoms with van der Waals surface area (Å²) in [6, 6.07) is 12.0. The number of nitrogens with zero attached hydrogens (tertiary/aromatic N) is 4. The average molecular weight is 578 g/mol. The Hall–Kier alpha value is -3.02. The molecule has 11 heteroatoms. The predicted molar refractivity (Wildman–Crippen MR) is 154 cm³/mol. The smallest absolute Gasteiger partial charge is 0.382 e. The SMILES string of the molecule is CC(C)(C)c1ccc(N2CCN(CCCC(=O)N3CCC(Nc4ccc(N(O)O)c(C(F)(F)F)c4)CC3)CC2)cc1. The summed E-state index contributed by atoms with van der Waals surface area (Å²) in [5.74, 6) is 0.121. The number of halogens is 3. The fraction of sp³-hybridized carbons (Fsp3) is 0.567. The first-order valence-electron chi connectivity index (χ1n) is 14.3. The lowest BCUT2D eigenvalue weighted by Gasteiger charge is -2.36. The van der Waals surface area contributed by atoms with Gasteiger partial charge in [-0.1, -0.05) is 32.9 Å². The third-order valence-electron chi connectivity index (χ3n) is 8.07. The Labute approximate surface area is 240 Å². The maximum atomic E-state index is 13.3. The molecule has 0 aliphatic carbocycles.